The number of imidazole rings is 1. The maximum atomic E-state index is 15.2. The molecule has 0 radical (unpaired) electrons. The molecule has 1 aliphatic heterocycles. The number of aliphatic hydroxyl groups excluding tert-OH is 1. The van der Waals surface area contributed by atoms with Crippen molar-refractivity contribution in [1.82, 2.24) is 19.5 Å². The second-order valence-corrected chi connectivity index (χ2v) is 8.97. The second kappa shape index (κ2) is 8.75. The van der Waals surface area contributed by atoms with E-state index in [9.17, 15) is 5.11 Å². The summed E-state index contributed by atoms with van der Waals surface area (Å²) < 4.78 is 22.9. The molecule has 1 aromatic carbocycles. The number of halogens is 1. The van der Waals surface area contributed by atoms with E-state index in [1.807, 2.05) is 44.2 Å². The summed E-state index contributed by atoms with van der Waals surface area (Å²) in [7, 11) is 0. The van der Waals surface area contributed by atoms with Gasteiger partial charge in [-0.1, -0.05) is 57.0 Å². The van der Waals surface area contributed by atoms with Crippen LogP contribution in [0, 0.1) is 5.92 Å². The van der Waals surface area contributed by atoms with Crippen molar-refractivity contribution >= 4 is 17.0 Å². The van der Waals surface area contributed by atoms with Gasteiger partial charge in [0, 0.05) is 12.0 Å². The van der Waals surface area contributed by atoms with Crippen LogP contribution in [0.4, 0.5) is 10.2 Å². The molecule has 0 amide bonds. The fourth-order valence-corrected chi connectivity index (χ4v) is 4.92. The van der Waals surface area contributed by atoms with E-state index < -0.39 is 18.5 Å². The summed E-state index contributed by atoms with van der Waals surface area (Å²) in [6.45, 7) is 3.88. The van der Waals surface area contributed by atoms with Crippen molar-refractivity contribution in [2.75, 3.05) is 5.32 Å². The summed E-state index contributed by atoms with van der Waals surface area (Å²) in [4.78, 5) is 13.9. The normalized spacial score (nSPS) is 27.2. The topological polar surface area (TPSA) is 85.1 Å². The van der Waals surface area contributed by atoms with E-state index in [1.165, 1.54) is 12.8 Å². The lowest BCUT2D eigenvalue weighted by molar-refractivity contribution is -0.0186. The third-order valence-electron chi connectivity index (χ3n) is 6.85. The Balaban J connectivity index is 1.59. The summed E-state index contributed by atoms with van der Waals surface area (Å²) in [6, 6.07) is 9.61. The number of aromatic nitrogens is 4. The standard InChI is InChI=1S/C24H30FN5O2/c1-3-17-14(2)18(25)24(32-17)30-13-26-19-21(27-16-11-7-8-12-16)28-22(29-23(19)30)20(31)15-9-5-4-6-10-15/h4-6,9-10,13-14,16-18,20,24,31H,3,7-8,11-12H2,1-2H3,(H,27,28,29)/t14-,17-,18+,20?,24-/m1/s1. The summed E-state index contributed by atoms with van der Waals surface area (Å²) in [5.74, 6) is 0.633. The molecule has 1 saturated heterocycles. The van der Waals surface area contributed by atoms with Gasteiger partial charge in [-0.3, -0.25) is 4.57 Å². The predicted molar refractivity (Wildman–Crippen MR) is 120 cm³/mol. The first-order chi connectivity index (χ1) is 15.6. The predicted octanol–water partition coefficient (Wildman–Crippen LogP) is 4.54. The van der Waals surface area contributed by atoms with E-state index in [2.05, 4.69) is 20.3 Å². The number of aliphatic hydroxyl groups is 1. The van der Waals surface area contributed by atoms with Gasteiger partial charge in [0.2, 0.25) is 0 Å². The maximum absolute atomic E-state index is 15.2. The van der Waals surface area contributed by atoms with Crippen molar-refractivity contribution in [3.05, 3.63) is 48.0 Å². The van der Waals surface area contributed by atoms with Crippen LogP contribution in [-0.2, 0) is 4.74 Å². The lowest BCUT2D eigenvalue weighted by atomic mass is 10.00. The molecule has 2 N–H and O–H groups in total. The molecule has 1 saturated carbocycles. The number of fused-ring (bicyclic) bond motifs is 1. The molecular weight excluding hydrogens is 409 g/mol. The van der Waals surface area contributed by atoms with Crippen LogP contribution in [0.2, 0.25) is 0 Å². The largest absolute Gasteiger partial charge is 0.380 e. The Morgan fingerprint density at radius 1 is 1.22 bits per heavy atom. The number of ether oxygens (including phenoxy) is 1. The number of anilines is 1. The number of rotatable bonds is 6. The Kier molecular flexibility index (Phi) is 5.82. The molecule has 2 aliphatic rings. The Morgan fingerprint density at radius 3 is 2.66 bits per heavy atom. The van der Waals surface area contributed by atoms with Crippen LogP contribution in [0.3, 0.4) is 0 Å². The molecule has 5 rings (SSSR count). The lowest BCUT2D eigenvalue weighted by Gasteiger charge is -2.18. The fraction of sp³-hybridized carbons (Fsp3) is 0.542. The molecular formula is C24H30FN5O2. The summed E-state index contributed by atoms with van der Waals surface area (Å²) in [5, 5.41) is 14.5. The van der Waals surface area contributed by atoms with Gasteiger partial charge in [-0.25, -0.2) is 19.3 Å². The molecule has 170 valence electrons. The van der Waals surface area contributed by atoms with Gasteiger partial charge in [0.1, 0.15) is 6.10 Å². The van der Waals surface area contributed by atoms with E-state index in [0.717, 1.165) is 19.3 Å². The van der Waals surface area contributed by atoms with E-state index in [0.29, 0.717) is 28.6 Å². The summed E-state index contributed by atoms with van der Waals surface area (Å²) >= 11 is 0. The molecule has 2 aromatic heterocycles. The van der Waals surface area contributed by atoms with Gasteiger partial charge in [0.25, 0.3) is 0 Å². The molecule has 8 heteroatoms. The van der Waals surface area contributed by atoms with Gasteiger partial charge in [-0.05, 0) is 24.8 Å². The third-order valence-corrected chi connectivity index (χ3v) is 6.85. The number of nitrogens with zero attached hydrogens (tertiary/aromatic N) is 4. The van der Waals surface area contributed by atoms with E-state index in [1.54, 1.807) is 10.9 Å². The van der Waals surface area contributed by atoms with Gasteiger partial charge < -0.3 is 15.2 Å². The van der Waals surface area contributed by atoms with Crippen molar-refractivity contribution in [2.45, 2.75) is 76.6 Å². The van der Waals surface area contributed by atoms with E-state index in [-0.39, 0.29) is 17.8 Å². The van der Waals surface area contributed by atoms with Gasteiger partial charge in [0.15, 0.2) is 35.2 Å². The molecule has 1 unspecified atom stereocenters. The SMILES string of the molecule is CC[C@H]1O[C@@H](n2cnc3c(NC4CCCC4)nc(C(O)c4ccccc4)nc32)[C@@H](F)[C@@H]1C. The number of nitrogens with one attached hydrogen (secondary N) is 1. The smallest absolute Gasteiger partial charge is 0.168 e. The number of hydrogen-bond donors (Lipinski definition) is 2. The van der Waals surface area contributed by atoms with Crippen LogP contribution in [0.25, 0.3) is 11.2 Å². The fourth-order valence-electron chi connectivity index (χ4n) is 4.92. The summed E-state index contributed by atoms with van der Waals surface area (Å²) in [6.07, 6.45) is 3.70. The average Bonchev–Trinajstić information content (AvgIpc) is 3.54. The van der Waals surface area contributed by atoms with Crippen molar-refractivity contribution in [3.8, 4) is 0 Å². The first-order valence-electron chi connectivity index (χ1n) is 11.6. The van der Waals surface area contributed by atoms with Crippen LogP contribution in [0.1, 0.15) is 69.7 Å². The van der Waals surface area contributed by atoms with Gasteiger partial charge in [-0.2, -0.15) is 0 Å². The van der Waals surface area contributed by atoms with Crippen molar-refractivity contribution < 1.29 is 14.2 Å². The molecule has 0 bridgehead atoms. The minimum Gasteiger partial charge on any atom is -0.380 e. The van der Waals surface area contributed by atoms with Gasteiger partial charge in [0.05, 0.1) is 12.4 Å². The minimum absolute atomic E-state index is 0.153. The summed E-state index contributed by atoms with van der Waals surface area (Å²) in [5.41, 5.74) is 1.75. The molecule has 1 aliphatic carbocycles. The average molecular weight is 440 g/mol. The maximum Gasteiger partial charge on any atom is 0.168 e. The second-order valence-electron chi connectivity index (χ2n) is 8.97. The molecule has 7 nitrogen and oxygen atoms in total. The molecule has 3 heterocycles. The third kappa shape index (κ3) is 3.75. The lowest BCUT2D eigenvalue weighted by Crippen LogP contribution is -2.21. The molecule has 2 fully saturated rings. The first-order valence-corrected chi connectivity index (χ1v) is 11.6. The van der Waals surface area contributed by atoms with Crippen LogP contribution in [0.15, 0.2) is 36.7 Å². The van der Waals surface area contributed by atoms with Gasteiger partial charge >= 0.3 is 0 Å². The Morgan fingerprint density at radius 2 is 1.97 bits per heavy atom. The highest BCUT2D eigenvalue weighted by molar-refractivity contribution is 5.83. The van der Waals surface area contributed by atoms with Crippen LogP contribution < -0.4 is 5.32 Å². The zero-order valence-electron chi connectivity index (χ0n) is 18.5. The van der Waals surface area contributed by atoms with E-state index in [4.69, 9.17) is 4.74 Å². The van der Waals surface area contributed by atoms with E-state index >= 15 is 4.39 Å². The highest BCUT2D eigenvalue weighted by Crippen LogP contribution is 2.39. The number of hydrogen-bond acceptors (Lipinski definition) is 6. The molecule has 32 heavy (non-hydrogen) atoms. The van der Waals surface area contributed by atoms with Crippen LogP contribution in [0.5, 0.6) is 0 Å². The highest BCUT2D eigenvalue weighted by Gasteiger charge is 2.43. The number of benzene rings is 1. The Bertz CT molecular complexity index is 1070. The molecule has 5 atom stereocenters. The molecule has 3 aromatic rings. The van der Waals surface area contributed by atoms with Crippen LogP contribution in [-0.4, -0.2) is 42.9 Å². The highest BCUT2D eigenvalue weighted by atomic mass is 19.1. The zero-order chi connectivity index (χ0) is 22.2. The Hall–Kier alpha value is -2.58. The zero-order valence-corrected chi connectivity index (χ0v) is 18.5. The first kappa shape index (κ1) is 21.3. The monoisotopic (exact) mass is 439 g/mol. The molecule has 0 spiro atoms. The van der Waals surface area contributed by atoms with Crippen molar-refractivity contribution in [2.24, 2.45) is 5.92 Å². The Labute approximate surface area is 187 Å². The number of alkyl halides is 1. The van der Waals surface area contributed by atoms with Crippen LogP contribution >= 0.6 is 0 Å². The quantitative estimate of drug-likeness (QED) is 0.586. The van der Waals surface area contributed by atoms with Gasteiger partial charge in [-0.15, -0.1) is 0 Å². The minimum atomic E-state index is -1.17. The van der Waals surface area contributed by atoms with Crippen molar-refractivity contribution in [1.29, 1.82) is 0 Å². The van der Waals surface area contributed by atoms with Crippen molar-refractivity contribution in [3.63, 3.8) is 0 Å².